The quantitative estimate of drug-likeness (QED) is 0.784. The van der Waals surface area contributed by atoms with Gasteiger partial charge in [0.05, 0.1) is 12.6 Å². The second-order valence-electron chi connectivity index (χ2n) is 3.58. The molecule has 5 nitrogen and oxygen atoms in total. The van der Waals surface area contributed by atoms with Gasteiger partial charge in [-0.15, -0.1) is 10.2 Å². The molecule has 1 N–H and O–H groups in total. The molecule has 0 bridgehead atoms. The van der Waals surface area contributed by atoms with E-state index in [1.54, 1.807) is 0 Å². The summed E-state index contributed by atoms with van der Waals surface area (Å²) in [6.07, 6.45) is 2.35. The molecule has 5 heteroatoms. The first-order chi connectivity index (χ1) is 6.79. The van der Waals surface area contributed by atoms with Gasteiger partial charge in [-0.05, 0) is 26.8 Å². The topological polar surface area (TPSA) is 60.2 Å². The summed E-state index contributed by atoms with van der Waals surface area (Å²) in [5, 5.41) is 10.8. The Balaban J connectivity index is 2.02. The third-order valence-corrected chi connectivity index (χ3v) is 2.32. The predicted molar refractivity (Wildman–Crippen MR) is 49.6 cm³/mol. The maximum atomic E-state index is 5.62. The Labute approximate surface area is 82.8 Å². The fourth-order valence-electron chi connectivity index (χ4n) is 1.60. The number of aromatic nitrogens is 2. The summed E-state index contributed by atoms with van der Waals surface area (Å²) in [6, 6.07) is 0. The van der Waals surface area contributed by atoms with Crippen molar-refractivity contribution in [3.05, 3.63) is 11.8 Å². The minimum atomic E-state index is 0.00288. The molecule has 1 aliphatic heterocycles. The molecule has 0 aromatic carbocycles. The highest BCUT2D eigenvalue weighted by atomic mass is 16.5. The van der Waals surface area contributed by atoms with Crippen LogP contribution in [0.1, 0.15) is 37.7 Å². The molecule has 2 atom stereocenters. The van der Waals surface area contributed by atoms with Gasteiger partial charge < -0.3 is 14.5 Å². The van der Waals surface area contributed by atoms with Crippen molar-refractivity contribution in [2.75, 3.05) is 7.05 Å². The zero-order chi connectivity index (χ0) is 9.97. The summed E-state index contributed by atoms with van der Waals surface area (Å²) in [5.74, 6) is 1.23. The van der Waals surface area contributed by atoms with Gasteiger partial charge in [0, 0.05) is 0 Å². The van der Waals surface area contributed by atoms with Gasteiger partial charge in [-0.2, -0.15) is 0 Å². The van der Waals surface area contributed by atoms with Gasteiger partial charge in [0.25, 0.3) is 0 Å². The van der Waals surface area contributed by atoms with Crippen molar-refractivity contribution in [1.82, 2.24) is 15.5 Å². The zero-order valence-corrected chi connectivity index (χ0v) is 8.49. The SMILES string of the molecule is CNCc1nnc(C2CCC(C)O2)o1. The van der Waals surface area contributed by atoms with Crippen LogP contribution in [0.15, 0.2) is 4.42 Å². The van der Waals surface area contributed by atoms with Crippen molar-refractivity contribution in [2.24, 2.45) is 0 Å². The van der Waals surface area contributed by atoms with E-state index in [-0.39, 0.29) is 6.10 Å². The van der Waals surface area contributed by atoms with Crippen molar-refractivity contribution in [1.29, 1.82) is 0 Å². The molecule has 14 heavy (non-hydrogen) atoms. The lowest BCUT2D eigenvalue weighted by molar-refractivity contribution is 0.0383. The van der Waals surface area contributed by atoms with Crippen LogP contribution in [0.2, 0.25) is 0 Å². The molecule has 1 aliphatic rings. The molecule has 0 radical (unpaired) electrons. The normalized spacial score (nSPS) is 27.0. The van der Waals surface area contributed by atoms with E-state index in [2.05, 4.69) is 22.4 Å². The van der Waals surface area contributed by atoms with Crippen molar-refractivity contribution in [2.45, 2.75) is 38.5 Å². The highest BCUT2D eigenvalue weighted by molar-refractivity contribution is 4.89. The van der Waals surface area contributed by atoms with Crippen LogP contribution < -0.4 is 5.32 Å². The Hall–Kier alpha value is -0.940. The second kappa shape index (κ2) is 4.06. The Bertz CT molecular complexity index is 300. The van der Waals surface area contributed by atoms with Gasteiger partial charge >= 0.3 is 0 Å². The van der Waals surface area contributed by atoms with Gasteiger partial charge in [-0.25, -0.2) is 0 Å². The van der Waals surface area contributed by atoms with E-state index in [4.69, 9.17) is 9.15 Å². The Morgan fingerprint density at radius 3 is 2.93 bits per heavy atom. The number of hydrogen-bond donors (Lipinski definition) is 1. The van der Waals surface area contributed by atoms with Gasteiger partial charge in [-0.3, -0.25) is 0 Å². The predicted octanol–water partition coefficient (Wildman–Crippen LogP) is 1.03. The van der Waals surface area contributed by atoms with Gasteiger partial charge in [-0.1, -0.05) is 0 Å². The van der Waals surface area contributed by atoms with Crippen molar-refractivity contribution >= 4 is 0 Å². The number of ether oxygens (including phenoxy) is 1. The minimum absolute atomic E-state index is 0.00288. The van der Waals surface area contributed by atoms with Crippen LogP contribution in [0.5, 0.6) is 0 Å². The monoisotopic (exact) mass is 197 g/mol. The zero-order valence-electron chi connectivity index (χ0n) is 8.49. The van der Waals surface area contributed by atoms with Crippen LogP contribution in [0.25, 0.3) is 0 Å². The molecular weight excluding hydrogens is 182 g/mol. The summed E-state index contributed by atoms with van der Waals surface area (Å²) < 4.78 is 11.1. The lowest BCUT2D eigenvalue weighted by Gasteiger charge is -2.04. The van der Waals surface area contributed by atoms with Crippen LogP contribution in [0, 0.1) is 0 Å². The van der Waals surface area contributed by atoms with E-state index in [0.29, 0.717) is 24.4 Å². The summed E-state index contributed by atoms with van der Waals surface area (Å²) >= 11 is 0. The molecule has 2 unspecified atom stereocenters. The highest BCUT2D eigenvalue weighted by Crippen LogP contribution is 2.31. The largest absolute Gasteiger partial charge is 0.421 e. The molecule has 2 rings (SSSR count). The fraction of sp³-hybridized carbons (Fsp3) is 0.778. The summed E-state index contributed by atoms with van der Waals surface area (Å²) in [4.78, 5) is 0. The standard InChI is InChI=1S/C9H15N3O2/c1-6-3-4-7(13-6)9-12-11-8(14-9)5-10-2/h6-7,10H,3-5H2,1-2H3. The summed E-state index contributed by atoms with van der Waals surface area (Å²) in [7, 11) is 1.85. The molecule has 1 aromatic heterocycles. The molecule has 0 amide bonds. The molecule has 1 aromatic rings. The fourth-order valence-corrected chi connectivity index (χ4v) is 1.60. The molecule has 0 spiro atoms. The lowest BCUT2D eigenvalue weighted by atomic mass is 10.2. The Morgan fingerprint density at radius 1 is 1.43 bits per heavy atom. The van der Waals surface area contributed by atoms with E-state index >= 15 is 0 Å². The first kappa shape index (κ1) is 9.61. The van der Waals surface area contributed by atoms with E-state index in [1.807, 2.05) is 7.05 Å². The second-order valence-corrected chi connectivity index (χ2v) is 3.58. The third-order valence-electron chi connectivity index (χ3n) is 2.32. The first-order valence-electron chi connectivity index (χ1n) is 4.92. The molecule has 0 aliphatic carbocycles. The van der Waals surface area contributed by atoms with Crippen molar-refractivity contribution in [3.8, 4) is 0 Å². The highest BCUT2D eigenvalue weighted by Gasteiger charge is 2.27. The van der Waals surface area contributed by atoms with Crippen molar-refractivity contribution < 1.29 is 9.15 Å². The van der Waals surface area contributed by atoms with E-state index in [1.165, 1.54) is 0 Å². The molecule has 1 fully saturated rings. The number of nitrogens with zero attached hydrogens (tertiary/aromatic N) is 2. The van der Waals surface area contributed by atoms with E-state index in [9.17, 15) is 0 Å². The third kappa shape index (κ3) is 1.93. The number of rotatable bonds is 3. The molecule has 1 saturated heterocycles. The van der Waals surface area contributed by atoms with Crippen LogP contribution >= 0.6 is 0 Å². The molecular formula is C9H15N3O2. The lowest BCUT2D eigenvalue weighted by Crippen LogP contribution is -2.05. The molecule has 78 valence electrons. The Kier molecular flexibility index (Phi) is 2.79. The average molecular weight is 197 g/mol. The minimum Gasteiger partial charge on any atom is -0.421 e. The number of hydrogen-bond acceptors (Lipinski definition) is 5. The summed E-state index contributed by atoms with van der Waals surface area (Å²) in [6.45, 7) is 2.67. The Morgan fingerprint density at radius 2 is 2.29 bits per heavy atom. The smallest absolute Gasteiger partial charge is 0.245 e. The summed E-state index contributed by atoms with van der Waals surface area (Å²) in [5.41, 5.74) is 0. The number of nitrogens with one attached hydrogen (secondary N) is 1. The van der Waals surface area contributed by atoms with E-state index in [0.717, 1.165) is 12.8 Å². The van der Waals surface area contributed by atoms with Crippen LogP contribution in [-0.2, 0) is 11.3 Å². The van der Waals surface area contributed by atoms with Crippen LogP contribution in [-0.4, -0.2) is 23.3 Å². The maximum absolute atomic E-state index is 5.62. The maximum Gasteiger partial charge on any atom is 0.245 e. The van der Waals surface area contributed by atoms with Crippen molar-refractivity contribution in [3.63, 3.8) is 0 Å². The van der Waals surface area contributed by atoms with E-state index < -0.39 is 0 Å². The van der Waals surface area contributed by atoms with Crippen LogP contribution in [0.4, 0.5) is 0 Å². The van der Waals surface area contributed by atoms with Gasteiger partial charge in [0.1, 0.15) is 6.10 Å². The van der Waals surface area contributed by atoms with Gasteiger partial charge in [0.15, 0.2) is 0 Å². The van der Waals surface area contributed by atoms with Gasteiger partial charge in [0.2, 0.25) is 11.8 Å². The molecule has 2 heterocycles. The van der Waals surface area contributed by atoms with Crippen LogP contribution in [0.3, 0.4) is 0 Å². The average Bonchev–Trinajstić information content (AvgIpc) is 2.74. The first-order valence-corrected chi connectivity index (χ1v) is 4.92. The molecule has 0 saturated carbocycles.